The Labute approximate surface area is 165 Å². The van der Waals surface area contributed by atoms with Gasteiger partial charge in [0.15, 0.2) is 0 Å². The Bertz CT molecular complexity index is 938. The SMILES string of the molecule is O=S(=O)(c1ccccc1F)N1CC[C@@]2(CO)CN(Cc3ccccc3)C[C@H]2C1. The van der Waals surface area contributed by atoms with Crippen molar-refractivity contribution in [2.75, 3.05) is 32.8 Å². The molecule has 0 aliphatic carbocycles. The lowest BCUT2D eigenvalue weighted by molar-refractivity contribution is 0.0436. The lowest BCUT2D eigenvalue weighted by Crippen LogP contribution is -2.50. The summed E-state index contributed by atoms with van der Waals surface area (Å²) in [5, 5.41) is 10.1. The van der Waals surface area contributed by atoms with Gasteiger partial charge >= 0.3 is 0 Å². The molecule has 0 amide bonds. The molecule has 2 aromatic carbocycles. The molecule has 150 valence electrons. The molecular weight excluding hydrogens is 379 g/mol. The van der Waals surface area contributed by atoms with E-state index in [2.05, 4.69) is 17.0 Å². The molecule has 0 saturated carbocycles. The monoisotopic (exact) mass is 404 g/mol. The number of benzene rings is 2. The van der Waals surface area contributed by atoms with Gasteiger partial charge in [-0.1, -0.05) is 42.5 Å². The fourth-order valence-electron chi connectivity index (χ4n) is 4.59. The van der Waals surface area contributed by atoms with Gasteiger partial charge in [0, 0.05) is 38.1 Å². The van der Waals surface area contributed by atoms with Crippen molar-refractivity contribution in [2.45, 2.75) is 17.9 Å². The standard InChI is InChI=1S/C21H25FN2O3S/c22-19-8-4-5-9-20(19)28(26,27)24-11-10-21(16-25)15-23(13-18(21)14-24)12-17-6-2-1-3-7-17/h1-9,18,25H,10-16H2/t18-,21-/m0/s1. The van der Waals surface area contributed by atoms with Crippen LogP contribution in [0.2, 0.25) is 0 Å². The Hall–Kier alpha value is -1.80. The summed E-state index contributed by atoms with van der Waals surface area (Å²) in [6, 6.07) is 15.6. The minimum absolute atomic E-state index is 0.0245. The smallest absolute Gasteiger partial charge is 0.245 e. The molecule has 0 radical (unpaired) electrons. The molecule has 5 nitrogen and oxygen atoms in total. The number of hydrogen-bond acceptors (Lipinski definition) is 4. The van der Waals surface area contributed by atoms with Gasteiger partial charge in [-0.15, -0.1) is 0 Å². The predicted octanol–water partition coefficient (Wildman–Crippen LogP) is 2.33. The van der Waals surface area contributed by atoms with Gasteiger partial charge in [-0.05, 0) is 30.0 Å². The van der Waals surface area contributed by atoms with Crippen molar-refractivity contribution in [1.29, 1.82) is 0 Å². The number of halogens is 1. The Morgan fingerprint density at radius 3 is 2.50 bits per heavy atom. The van der Waals surface area contributed by atoms with Gasteiger partial charge in [0.25, 0.3) is 0 Å². The van der Waals surface area contributed by atoms with Gasteiger partial charge < -0.3 is 5.11 Å². The van der Waals surface area contributed by atoms with Gasteiger partial charge in [0.1, 0.15) is 10.7 Å². The first-order valence-corrected chi connectivity index (χ1v) is 11.0. The third kappa shape index (κ3) is 3.48. The number of aliphatic hydroxyl groups excluding tert-OH is 1. The second-order valence-corrected chi connectivity index (χ2v) is 9.82. The fraction of sp³-hybridized carbons (Fsp3) is 0.429. The van der Waals surface area contributed by atoms with Crippen molar-refractivity contribution in [2.24, 2.45) is 11.3 Å². The zero-order chi connectivity index (χ0) is 19.8. The molecule has 2 saturated heterocycles. The number of piperidine rings is 1. The van der Waals surface area contributed by atoms with Crippen LogP contribution in [-0.4, -0.2) is 55.5 Å². The lowest BCUT2D eigenvalue weighted by atomic mass is 9.74. The van der Waals surface area contributed by atoms with Gasteiger partial charge in [-0.3, -0.25) is 4.90 Å². The molecule has 2 heterocycles. The minimum atomic E-state index is -3.88. The molecule has 4 rings (SSSR count). The van der Waals surface area contributed by atoms with Crippen molar-refractivity contribution in [3.63, 3.8) is 0 Å². The van der Waals surface area contributed by atoms with Gasteiger partial charge in [0.2, 0.25) is 10.0 Å². The number of rotatable bonds is 5. The average Bonchev–Trinajstić information content (AvgIpc) is 3.06. The Morgan fingerprint density at radius 2 is 1.79 bits per heavy atom. The van der Waals surface area contributed by atoms with Gasteiger partial charge in [-0.2, -0.15) is 4.31 Å². The second kappa shape index (κ2) is 7.55. The van der Waals surface area contributed by atoms with E-state index in [0.717, 1.165) is 19.6 Å². The summed E-state index contributed by atoms with van der Waals surface area (Å²) < 4.78 is 41.4. The van der Waals surface area contributed by atoms with E-state index in [4.69, 9.17) is 0 Å². The number of nitrogens with zero attached hydrogens (tertiary/aromatic N) is 2. The number of likely N-dealkylation sites (tertiary alicyclic amines) is 1. The van der Waals surface area contributed by atoms with E-state index in [9.17, 15) is 17.9 Å². The molecule has 28 heavy (non-hydrogen) atoms. The second-order valence-electron chi connectivity index (χ2n) is 7.92. The van der Waals surface area contributed by atoms with E-state index in [1.165, 1.54) is 34.1 Å². The third-order valence-electron chi connectivity index (χ3n) is 6.18. The van der Waals surface area contributed by atoms with Crippen LogP contribution in [0.3, 0.4) is 0 Å². The van der Waals surface area contributed by atoms with Crippen molar-refractivity contribution >= 4 is 10.0 Å². The highest BCUT2D eigenvalue weighted by Gasteiger charge is 2.50. The average molecular weight is 405 g/mol. The molecule has 1 N–H and O–H groups in total. The van der Waals surface area contributed by atoms with Crippen LogP contribution in [0.1, 0.15) is 12.0 Å². The van der Waals surface area contributed by atoms with Crippen molar-refractivity contribution in [3.05, 3.63) is 66.0 Å². The fourth-order valence-corrected chi connectivity index (χ4v) is 6.15. The van der Waals surface area contributed by atoms with E-state index in [1.54, 1.807) is 0 Å². The predicted molar refractivity (Wildman–Crippen MR) is 105 cm³/mol. The highest BCUT2D eigenvalue weighted by molar-refractivity contribution is 7.89. The van der Waals surface area contributed by atoms with Crippen molar-refractivity contribution < 1.29 is 17.9 Å². The van der Waals surface area contributed by atoms with Gasteiger partial charge in [-0.25, -0.2) is 12.8 Å². The first-order valence-electron chi connectivity index (χ1n) is 9.56. The summed E-state index contributed by atoms with van der Waals surface area (Å²) in [5.74, 6) is -0.699. The first-order chi connectivity index (χ1) is 13.4. The topological polar surface area (TPSA) is 60.9 Å². The summed E-state index contributed by atoms with van der Waals surface area (Å²) in [6.07, 6.45) is 0.577. The number of hydrogen-bond donors (Lipinski definition) is 1. The largest absolute Gasteiger partial charge is 0.396 e. The molecule has 2 atom stereocenters. The molecule has 2 aromatic rings. The number of sulfonamides is 1. The molecule has 0 aromatic heterocycles. The van der Waals surface area contributed by atoms with E-state index in [0.29, 0.717) is 19.5 Å². The van der Waals surface area contributed by atoms with E-state index < -0.39 is 15.8 Å². The van der Waals surface area contributed by atoms with Crippen LogP contribution in [0.25, 0.3) is 0 Å². The van der Waals surface area contributed by atoms with Crippen LogP contribution in [0.5, 0.6) is 0 Å². The summed E-state index contributed by atoms with van der Waals surface area (Å²) in [7, 11) is -3.88. The van der Waals surface area contributed by atoms with Crippen LogP contribution in [0, 0.1) is 17.2 Å². The van der Waals surface area contributed by atoms with Crippen LogP contribution in [0.4, 0.5) is 4.39 Å². The van der Waals surface area contributed by atoms with Crippen molar-refractivity contribution in [3.8, 4) is 0 Å². The summed E-state index contributed by atoms with van der Waals surface area (Å²) >= 11 is 0. The molecule has 2 aliphatic rings. The maximum Gasteiger partial charge on any atom is 0.245 e. The highest BCUT2D eigenvalue weighted by atomic mass is 32.2. The third-order valence-corrected chi connectivity index (χ3v) is 8.08. The van der Waals surface area contributed by atoms with Crippen LogP contribution in [0.15, 0.2) is 59.5 Å². The van der Waals surface area contributed by atoms with E-state index in [1.807, 2.05) is 18.2 Å². The molecule has 2 fully saturated rings. The molecule has 2 aliphatic heterocycles. The number of fused-ring (bicyclic) bond motifs is 1. The first kappa shape index (κ1) is 19.5. The van der Waals surface area contributed by atoms with Crippen LogP contribution < -0.4 is 0 Å². The lowest BCUT2D eigenvalue weighted by Gasteiger charge is -2.41. The maximum atomic E-state index is 14.1. The molecular formula is C21H25FN2O3S. The normalized spacial score (nSPS) is 26.3. The van der Waals surface area contributed by atoms with Gasteiger partial charge in [0.05, 0.1) is 6.61 Å². The quantitative estimate of drug-likeness (QED) is 0.831. The number of aliphatic hydroxyl groups is 1. The molecule has 0 unspecified atom stereocenters. The van der Waals surface area contributed by atoms with E-state index >= 15 is 0 Å². The Morgan fingerprint density at radius 1 is 1.07 bits per heavy atom. The summed E-state index contributed by atoms with van der Waals surface area (Å²) in [4.78, 5) is 2.01. The summed E-state index contributed by atoms with van der Waals surface area (Å²) in [6.45, 7) is 2.89. The Balaban J connectivity index is 1.53. The van der Waals surface area contributed by atoms with Crippen LogP contribution >= 0.6 is 0 Å². The molecule has 0 bridgehead atoms. The summed E-state index contributed by atoms with van der Waals surface area (Å²) in [5.41, 5.74) is 0.904. The van der Waals surface area contributed by atoms with E-state index in [-0.39, 0.29) is 22.8 Å². The van der Waals surface area contributed by atoms with Crippen LogP contribution in [-0.2, 0) is 16.6 Å². The maximum absolute atomic E-state index is 14.1. The molecule has 0 spiro atoms. The zero-order valence-corrected chi connectivity index (χ0v) is 16.5. The Kier molecular flexibility index (Phi) is 5.26. The zero-order valence-electron chi connectivity index (χ0n) is 15.7. The van der Waals surface area contributed by atoms with Crippen molar-refractivity contribution in [1.82, 2.24) is 9.21 Å². The molecule has 7 heteroatoms. The highest BCUT2D eigenvalue weighted by Crippen LogP contribution is 2.44. The minimum Gasteiger partial charge on any atom is -0.396 e.